The fourth-order valence-corrected chi connectivity index (χ4v) is 11.4. The number of nitrogens with zero attached hydrogens (tertiary/aromatic N) is 1. The number of benzene rings is 10. The zero-order valence-corrected chi connectivity index (χ0v) is 34.6. The number of hydrogen-bond acceptors (Lipinski definition) is 3. The van der Waals surface area contributed by atoms with Gasteiger partial charge < -0.3 is 13.7 Å². The molecule has 0 fully saturated rings. The lowest BCUT2D eigenvalue weighted by molar-refractivity contribution is 0.668. The fraction of sp³-hybridized carbons (Fsp3) is 0.0164. The molecule has 0 N–H and O–H groups in total. The molecule has 3 nitrogen and oxygen atoms in total. The first-order chi connectivity index (χ1) is 31.8. The van der Waals surface area contributed by atoms with E-state index in [1.165, 1.54) is 44.5 Å². The summed E-state index contributed by atoms with van der Waals surface area (Å²) >= 11 is 0. The lowest BCUT2D eigenvalue weighted by Gasteiger charge is -2.32. The van der Waals surface area contributed by atoms with Gasteiger partial charge in [-0.3, -0.25) is 0 Å². The molecule has 14 rings (SSSR count). The minimum atomic E-state index is -0.436. The molecule has 0 unspecified atom stereocenters. The van der Waals surface area contributed by atoms with E-state index in [0.29, 0.717) is 0 Å². The van der Waals surface area contributed by atoms with Crippen LogP contribution in [0.15, 0.2) is 233 Å². The van der Waals surface area contributed by atoms with Crippen molar-refractivity contribution in [3.63, 3.8) is 0 Å². The summed E-state index contributed by atoms with van der Waals surface area (Å²) in [6, 6.07) is 81.6. The third-order valence-electron chi connectivity index (χ3n) is 13.9. The molecule has 12 aromatic rings. The molecule has 2 aliphatic rings. The molecule has 10 aromatic carbocycles. The Morgan fingerprint density at radius 2 is 0.656 bits per heavy atom. The van der Waals surface area contributed by atoms with Crippen LogP contribution in [0, 0.1) is 0 Å². The number of furan rings is 2. The van der Waals surface area contributed by atoms with Gasteiger partial charge in [0.2, 0.25) is 0 Å². The number of hydrogen-bond donors (Lipinski definition) is 0. The van der Waals surface area contributed by atoms with Gasteiger partial charge in [-0.25, -0.2) is 0 Å². The van der Waals surface area contributed by atoms with E-state index >= 15 is 0 Å². The molecule has 2 heterocycles. The number of para-hydroxylation sites is 4. The SMILES string of the molecule is c1ccc(N(c2ccc3c(c2)-c2ccccc2C32c3ccccc3-c3ccccc32)c2ccccc2-c2cccc3oc4ccccc4c23)c(-c2cccc3oc4ccccc4c23)c1. The number of fused-ring (bicyclic) bond motifs is 16. The molecule has 0 aliphatic heterocycles. The first-order valence-electron chi connectivity index (χ1n) is 22.0. The van der Waals surface area contributed by atoms with Crippen LogP contribution in [0.2, 0.25) is 0 Å². The molecule has 0 saturated heterocycles. The zero-order chi connectivity index (χ0) is 41.9. The average molecular weight is 816 g/mol. The van der Waals surface area contributed by atoms with Crippen LogP contribution < -0.4 is 4.90 Å². The van der Waals surface area contributed by atoms with E-state index < -0.39 is 5.41 Å². The third-order valence-corrected chi connectivity index (χ3v) is 13.9. The van der Waals surface area contributed by atoms with Crippen molar-refractivity contribution >= 4 is 60.9 Å². The van der Waals surface area contributed by atoms with Gasteiger partial charge in [0, 0.05) is 38.4 Å². The molecule has 64 heavy (non-hydrogen) atoms. The van der Waals surface area contributed by atoms with E-state index in [0.717, 1.165) is 83.2 Å². The van der Waals surface area contributed by atoms with Gasteiger partial charge in [0.25, 0.3) is 0 Å². The molecule has 298 valence electrons. The van der Waals surface area contributed by atoms with Crippen LogP contribution in [0.4, 0.5) is 17.1 Å². The van der Waals surface area contributed by atoms with Gasteiger partial charge >= 0.3 is 0 Å². The summed E-state index contributed by atoms with van der Waals surface area (Å²) in [6.07, 6.45) is 0. The summed E-state index contributed by atoms with van der Waals surface area (Å²) in [5.41, 5.74) is 21.1. The van der Waals surface area contributed by atoms with Crippen LogP contribution in [-0.4, -0.2) is 0 Å². The minimum absolute atomic E-state index is 0.436. The van der Waals surface area contributed by atoms with Crippen molar-refractivity contribution in [3.8, 4) is 44.5 Å². The van der Waals surface area contributed by atoms with Crippen molar-refractivity contribution in [2.45, 2.75) is 5.41 Å². The fourth-order valence-electron chi connectivity index (χ4n) is 11.4. The van der Waals surface area contributed by atoms with E-state index in [-0.39, 0.29) is 0 Å². The lowest BCUT2D eigenvalue weighted by Crippen LogP contribution is -2.25. The van der Waals surface area contributed by atoms with Crippen LogP contribution in [0.5, 0.6) is 0 Å². The summed E-state index contributed by atoms with van der Waals surface area (Å²) in [6.45, 7) is 0. The second-order valence-corrected chi connectivity index (χ2v) is 17.0. The highest BCUT2D eigenvalue weighted by molar-refractivity contribution is 6.16. The molecular formula is C61H37NO2. The zero-order valence-electron chi connectivity index (χ0n) is 34.6. The standard InChI is InChI=1S/C61H37NO2/c1-8-26-49-39(17-1)40-18-2-9-27-50(40)61(49)51-28-10-3-19-41(51)48-37-38(35-36-52(48)61)62(53-29-11-4-20-42(53)44-24-15-33-57-59(44)46-22-6-13-31-55(46)63-57)54-30-12-5-21-43(54)45-25-16-34-58-60(45)47-23-7-14-32-56(47)64-58/h1-37H. The van der Waals surface area contributed by atoms with Crippen molar-refractivity contribution in [1.82, 2.24) is 0 Å². The largest absolute Gasteiger partial charge is 0.456 e. The summed E-state index contributed by atoms with van der Waals surface area (Å²) in [5, 5.41) is 4.42. The van der Waals surface area contributed by atoms with E-state index in [9.17, 15) is 0 Å². The van der Waals surface area contributed by atoms with E-state index in [2.05, 4.69) is 217 Å². The summed E-state index contributed by atoms with van der Waals surface area (Å²) in [4.78, 5) is 2.48. The van der Waals surface area contributed by atoms with Crippen molar-refractivity contribution in [3.05, 3.63) is 247 Å². The molecule has 0 amide bonds. The van der Waals surface area contributed by atoms with Gasteiger partial charge in [-0.05, 0) is 104 Å². The Bertz CT molecular complexity index is 3680. The number of rotatable bonds is 5. The van der Waals surface area contributed by atoms with Crippen LogP contribution in [0.3, 0.4) is 0 Å². The van der Waals surface area contributed by atoms with Gasteiger partial charge in [0.05, 0.1) is 16.8 Å². The van der Waals surface area contributed by atoms with Gasteiger partial charge in [-0.2, -0.15) is 0 Å². The molecule has 0 saturated carbocycles. The second-order valence-electron chi connectivity index (χ2n) is 17.0. The third kappa shape index (κ3) is 4.70. The Labute approximate surface area is 369 Å². The highest BCUT2D eigenvalue weighted by Gasteiger charge is 2.51. The van der Waals surface area contributed by atoms with E-state index in [4.69, 9.17) is 8.83 Å². The summed E-state index contributed by atoms with van der Waals surface area (Å²) in [5.74, 6) is 0. The first-order valence-corrected chi connectivity index (χ1v) is 22.0. The summed E-state index contributed by atoms with van der Waals surface area (Å²) in [7, 11) is 0. The molecule has 3 heteroatoms. The highest BCUT2D eigenvalue weighted by Crippen LogP contribution is 2.63. The van der Waals surface area contributed by atoms with Crippen molar-refractivity contribution in [2.24, 2.45) is 0 Å². The van der Waals surface area contributed by atoms with Gasteiger partial charge in [-0.1, -0.05) is 176 Å². The van der Waals surface area contributed by atoms with Crippen molar-refractivity contribution in [1.29, 1.82) is 0 Å². The Hall–Kier alpha value is -8.40. The van der Waals surface area contributed by atoms with Crippen LogP contribution >= 0.6 is 0 Å². The van der Waals surface area contributed by atoms with E-state index in [1.54, 1.807) is 0 Å². The maximum absolute atomic E-state index is 6.49. The van der Waals surface area contributed by atoms with Crippen LogP contribution in [0.25, 0.3) is 88.4 Å². The summed E-state index contributed by atoms with van der Waals surface area (Å²) < 4.78 is 13.0. The molecule has 0 radical (unpaired) electrons. The Morgan fingerprint density at radius 3 is 1.17 bits per heavy atom. The monoisotopic (exact) mass is 815 g/mol. The quantitative estimate of drug-likeness (QED) is 0.173. The molecule has 0 bridgehead atoms. The first kappa shape index (κ1) is 35.2. The lowest BCUT2D eigenvalue weighted by atomic mass is 9.70. The minimum Gasteiger partial charge on any atom is -0.456 e. The van der Waals surface area contributed by atoms with Crippen LogP contribution in [0.1, 0.15) is 22.3 Å². The Kier molecular flexibility index (Phi) is 7.32. The molecular weight excluding hydrogens is 779 g/mol. The highest BCUT2D eigenvalue weighted by atomic mass is 16.3. The van der Waals surface area contributed by atoms with Crippen LogP contribution in [-0.2, 0) is 5.41 Å². The molecule has 2 aromatic heterocycles. The van der Waals surface area contributed by atoms with E-state index in [1.807, 2.05) is 12.1 Å². The normalized spacial score (nSPS) is 13.1. The second kappa shape index (κ2) is 13.3. The molecule has 2 aliphatic carbocycles. The predicted octanol–water partition coefficient (Wildman–Crippen LogP) is 16.6. The van der Waals surface area contributed by atoms with Gasteiger partial charge in [0.1, 0.15) is 22.3 Å². The smallest absolute Gasteiger partial charge is 0.136 e. The maximum atomic E-state index is 6.49. The Balaban J connectivity index is 1.07. The maximum Gasteiger partial charge on any atom is 0.136 e. The predicted molar refractivity (Wildman–Crippen MR) is 263 cm³/mol. The topological polar surface area (TPSA) is 29.5 Å². The van der Waals surface area contributed by atoms with Gasteiger partial charge in [-0.15, -0.1) is 0 Å². The van der Waals surface area contributed by atoms with Crippen molar-refractivity contribution < 1.29 is 8.83 Å². The van der Waals surface area contributed by atoms with Gasteiger partial charge in [0.15, 0.2) is 0 Å². The Morgan fingerprint density at radius 1 is 0.281 bits per heavy atom. The van der Waals surface area contributed by atoms with Crippen molar-refractivity contribution in [2.75, 3.05) is 4.90 Å². The molecule has 0 atom stereocenters. The number of anilines is 3. The molecule has 1 spiro atoms. The average Bonchev–Trinajstić information content (AvgIpc) is 4.10.